The molecule has 0 fully saturated rings. The zero-order valence-corrected chi connectivity index (χ0v) is 10.7. The molecule has 0 saturated carbocycles. The Labute approximate surface area is 111 Å². The lowest BCUT2D eigenvalue weighted by Crippen LogP contribution is -2.00. The summed E-state index contributed by atoms with van der Waals surface area (Å²) in [6.07, 6.45) is 0. The number of para-hydroxylation sites is 2. The maximum Gasteiger partial charge on any atom is 0.205 e. The molecule has 96 valence electrons. The monoisotopic (exact) mass is 253 g/mol. The number of rotatable bonds is 3. The Balaban J connectivity index is 2.10. The molecular weight excluding hydrogens is 238 g/mol. The number of anilines is 1. The van der Waals surface area contributed by atoms with Gasteiger partial charge in [0.15, 0.2) is 0 Å². The Hall–Kier alpha value is -2.49. The summed E-state index contributed by atoms with van der Waals surface area (Å²) in [5, 5.41) is 0. The average molecular weight is 253 g/mol. The van der Waals surface area contributed by atoms with Crippen molar-refractivity contribution >= 4 is 17.0 Å². The summed E-state index contributed by atoms with van der Waals surface area (Å²) in [7, 11) is 0. The van der Waals surface area contributed by atoms with E-state index in [1.807, 2.05) is 60.0 Å². The van der Waals surface area contributed by atoms with E-state index in [1.54, 1.807) is 0 Å². The van der Waals surface area contributed by atoms with E-state index >= 15 is 0 Å². The van der Waals surface area contributed by atoms with Crippen LogP contribution in [0.2, 0.25) is 0 Å². The van der Waals surface area contributed by atoms with Crippen molar-refractivity contribution < 1.29 is 4.74 Å². The first-order chi connectivity index (χ1) is 9.29. The second-order valence-corrected chi connectivity index (χ2v) is 4.22. The van der Waals surface area contributed by atoms with E-state index in [0.717, 1.165) is 22.5 Å². The van der Waals surface area contributed by atoms with Crippen molar-refractivity contribution in [3.63, 3.8) is 0 Å². The van der Waals surface area contributed by atoms with Crippen molar-refractivity contribution in [2.24, 2.45) is 0 Å². The van der Waals surface area contributed by atoms with Crippen molar-refractivity contribution in [3.8, 4) is 11.4 Å². The Morgan fingerprint density at radius 3 is 2.58 bits per heavy atom. The summed E-state index contributed by atoms with van der Waals surface area (Å²) in [6, 6.07) is 15.7. The van der Waals surface area contributed by atoms with Gasteiger partial charge in [-0.25, -0.2) is 4.98 Å². The molecule has 0 amide bonds. The number of ether oxygens (including phenoxy) is 1. The summed E-state index contributed by atoms with van der Waals surface area (Å²) < 4.78 is 7.38. The molecule has 1 aromatic heterocycles. The lowest BCUT2D eigenvalue weighted by Gasteiger charge is -2.08. The number of nitrogens with zero attached hydrogens (tertiary/aromatic N) is 2. The molecule has 2 aromatic carbocycles. The minimum Gasteiger partial charge on any atom is -0.494 e. The minimum absolute atomic E-state index is 0.491. The van der Waals surface area contributed by atoms with Crippen LogP contribution in [0.15, 0.2) is 48.5 Å². The first-order valence-electron chi connectivity index (χ1n) is 6.26. The van der Waals surface area contributed by atoms with Crippen LogP contribution in [0.25, 0.3) is 16.7 Å². The van der Waals surface area contributed by atoms with Crippen LogP contribution in [0.5, 0.6) is 5.75 Å². The Morgan fingerprint density at radius 1 is 1.11 bits per heavy atom. The standard InChI is InChI=1S/C15H15N3O/c1-2-19-12-9-7-11(8-10-12)18-14-6-4-3-5-13(14)17-15(18)16/h3-10H,2H2,1H3,(H2,16,17). The maximum atomic E-state index is 6.00. The van der Waals surface area contributed by atoms with Crippen LogP contribution in [0, 0.1) is 0 Å². The molecule has 0 spiro atoms. The van der Waals surface area contributed by atoms with E-state index in [2.05, 4.69) is 4.98 Å². The van der Waals surface area contributed by atoms with E-state index in [1.165, 1.54) is 0 Å². The van der Waals surface area contributed by atoms with E-state index in [9.17, 15) is 0 Å². The second-order valence-electron chi connectivity index (χ2n) is 4.22. The van der Waals surface area contributed by atoms with Gasteiger partial charge in [0.2, 0.25) is 5.95 Å². The van der Waals surface area contributed by atoms with Crippen molar-refractivity contribution in [2.75, 3.05) is 12.3 Å². The van der Waals surface area contributed by atoms with Gasteiger partial charge in [0.1, 0.15) is 5.75 Å². The molecule has 4 heteroatoms. The predicted octanol–water partition coefficient (Wildman–Crippen LogP) is 3.01. The van der Waals surface area contributed by atoms with Crippen molar-refractivity contribution in [3.05, 3.63) is 48.5 Å². The predicted molar refractivity (Wildman–Crippen MR) is 76.7 cm³/mol. The molecule has 1 heterocycles. The fraction of sp³-hybridized carbons (Fsp3) is 0.133. The average Bonchev–Trinajstić information content (AvgIpc) is 2.76. The maximum absolute atomic E-state index is 6.00. The van der Waals surface area contributed by atoms with Crippen LogP contribution >= 0.6 is 0 Å². The van der Waals surface area contributed by atoms with Crippen molar-refractivity contribution in [1.82, 2.24) is 9.55 Å². The van der Waals surface area contributed by atoms with Crippen LogP contribution in [0.3, 0.4) is 0 Å². The van der Waals surface area contributed by atoms with Gasteiger partial charge in [0.05, 0.1) is 17.6 Å². The number of benzene rings is 2. The zero-order valence-electron chi connectivity index (χ0n) is 10.7. The third-order valence-electron chi connectivity index (χ3n) is 2.99. The zero-order chi connectivity index (χ0) is 13.2. The van der Waals surface area contributed by atoms with E-state index in [-0.39, 0.29) is 0 Å². The topological polar surface area (TPSA) is 53.1 Å². The number of aromatic nitrogens is 2. The first kappa shape index (κ1) is 11.6. The molecule has 0 bridgehead atoms. The molecule has 0 aliphatic rings. The molecule has 0 aliphatic carbocycles. The van der Waals surface area contributed by atoms with Crippen LogP contribution in [-0.4, -0.2) is 16.2 Å². The third kappa shape index (κ3) is 2.01. The van der Waals surface area contributed by atoms with Gasteiger partial charge < -0.3 is 10.5 Å². The molecule has 0 unspecified atom stereocenters. The van der Waals surface area contributed by atoms with Gasteiger partial charge >= 0.3 is 0 Å². The van der Waals surface area contributed by atoms with E-state index in [4.69, 9.17) is 10.5 Å². The van der Waals surface area contributed by atoms with Gasteiger partial charge in [0.25, 0.3) is 0 Å². The number of nitrogen functional groups attached to an aromatic ring is 1. The highest BCUT2D eigenvalue weighted by Crippen LogP contribution is 2.24. The summed E-state index contributed by atoms with van der Waals surface area (Å²) in [6.45, 7) is 2.63. The molecule has 0 saturated heterocycles. The molecule has 4 nitrogen and oxygen atoms in total. The van der Waals surface area contributed by atoms with Gasteiger partial charge in [-0.15, -0.1) is 0 Å². The van der Waals surface area contributed by atoms with Crippen molar-refractivity contribution in [2.45, 2.75) is 6.92 Å². The van der Waals surface area contributed by atoms with Gasteiger partial charge in [-0.05, 0) is 43.3 Å². The largest absolute Gasteiger partial charge is 0.494 e. The summed E-state index contributed by atoms with van der Waals surface area (Å²) in [5.41, 5.74) is 8.88. The molecule has 0 atom stereocenters. The number of fused-ring (bicyclic) bond motifs is 1. The highest BCUT2D eigenvalue weighted by molar-refractivity contribution is 5.80. The Kier molecular flexibility index (Phi) is 2.83. The van der Waals surface area contributed by atoms with Crippen LogP contribution in [0.1, 0.15) is 6.92 Å². The quantitative estimate of drug-likeness (QED) is 0.780. The fourth-order valence-corrected chi connectivity index (χ4v) is 2.17. The summed E-state index contributed by atoms with van der Waals surface area (Å²) >= 11 is 0. The molecule has 3 rings (SSSR count). The molecule has 0 aliphatic heterocycles. The second kappa shape index (κ2) is 4.65. The number of hydrogen-bond acceptors (Lipinski definition) is 3. The summed E-state index contributed by atoms with van der Waals surface area (Å²) in [5.74, 6) is 1.35. The Morgan fingerprint density at radius 2 is 1.84 bits per heavy atom. The molecule has 19 heavy (non-hydrogen) atoms. The molecular formula is C15H15N3O. The van der Waals surface area contributed by atoms with Gasteiger partial charge in [-0.2, -0.15) is 0 Å². The highest BCUT2D eigenvalue weighted by Gasteiger charge is 2.09. The van der Waals surface area contributed by atoms with Crippen molar-refractivity contribution in [1.29, 1.82) is 0 Å². The number of imidazole rings is 1. The minimum atomic E-state index is 0.491. The number of hydrogen-bond donors (Lipinski definition) is 1. The lowest BCUT2D eigenvalue weighted by atomic mass is 10.2. The third-order valence-corrected chi connectivity index (χ3v) is 2.99. The normalized spacial score (nSPS) is 10.8. The van der Waals surface area contributed by atoms with Crippen LogP contribution < -0.4 is 10.5 Å². The number of nitrogens with two attached hydrogens (primary N) is 1. The summed E-state index contributed by atoms with van der Waals surface area (Å²) in [4.78, 5) is 4.36. The molecule has 3 aromatic rings. The smallest absolute Gasteiger partial charge is 0.205 e. The lowest BCUT2D eigenvalue weighted by molar-refractivity contribution is 0.340. The Bertz CT molecular complexity index is 701. The van der Waals surface area contributed by atoms with Crippen LogP contribution in [0.4, 0.5) is 5.95 Å². The van der Waals surface area contributed by atoms with E-state index < -0.39 is 0 Å². The SMILES string of the molecule is CCOc1ccc(-n2c(N)nc3ccccc32)cc1. The molecule has 2 N–H and O–H groups in total. The molecule has 0 radical (unpaired) electrons. The van der Waals surface area contributed by atoms with E-state index in [0.29, 0.717) is 12.6 Å². The van der Waals surface area contributed by atoms with Gasteiger partial charge in [-0.1, -0.05) is 12.1 Å². The van der Waals surface area contributed by atoms with Gasteiger partial charge in [-0.3, -0.25) is 4.57 Å². The van der Waals surface area contributed by atoms with Gasteiger partial charge in [0, 0.05) is 5.69 Å². The van der Waals surface area contributed by atoms with Crippen LogP contribution in [-0.2, 0) is 0 Å². The fourth-order valence-electron chi connectivity index (χ4n) is 2.17. The first-order valence-corrected chi connectivity index (χ1v) is 6.26. The highest BCUT2D eigenvalue weighted by atomic mass is 16.5.